The molecule has 0 saturated heterocycles. The molecule has 2 heterocycles. The van der Waals surface area contributed by atoms with Crippen LogP contribution in [0.4, 0.5) is 0 Å². The molecule has 3 aromatic rings. The van der Waals surface area contributed by atoms with Gasteiger partial charge in [0.05, 0.1) is 5.56 Å². The predicted octanol–water partition coefficient (Wildman–Crippen LogP) is 3.18. The van der Waals surface area contributed by atoms with Gasteiger partial charge in [0, 0.05) is 10.9 Å². The summed E-state index contributed by atoms with van der Waals surface area (Å²) in [6, 6.07) is 7.68. The Morgan fingerprint density at radius 2 is 1.95 bits per heavy atom. The zero-order chi connectivity index (χ0) is 15.2. The molecule has 1 aromatic carbocycles. The van der Waals surface area contributed by atoms with Crippen LogP contribution >= 0.6 is 0 Å². The Balaban J connectivity index is 2.18. The van der Waals surface area contributed by atoms with Gasteiger partial charge >= 0.3 is 0 Å². The number of aryl methyl sites for hydroxylation is 1. The maximum absolute atomic E-state index is 12.2. The monoisotopic (exact) mass is 283 g/mol. The number of benzene rings is 1. The average Bonchev–Trinajstić information content (AvgIpc) is 2.88. The quantitative estimate of drug-likeness (QED) is 0.744. The van der Waals surface area contributed by atoms with Crippen LogP contribution in [0.15, 0.2) is 33.6 Å². The van der Waals surface area contributed by atoms with Crippen LogP contribution in [0.3, 0.4) is 0 Å². The summed E-state index contributed by atoms with van der Waals surface area (Å²) in [5.74, 6) is 0.839. The van der Waals surface area contributed by atoms with Gasteiger partial charge in [0.2, 0.25) is 11.7 Å². The average molecular weight is 283 g/mol. The Morgan fingerprint density at radius 3 is 2.62 bits per heavy atom. The summed E-state index contributed by atoms with van der Waals surface area (Å²) < 4.78 is 5.26. The highest BCUT2D eigenvalue weighted by atomic mass is 16.5. The minimum Gasteiger partial charge on any atom is -0.338 e. The number of hydrogen-bond donors (Lipinski definition) is 1. The maximum Gasteiger partial charge on any atom is 0.259 e. The molecule has 5 nitrogen and oxygen atoms in total. The number of fused-ring (bicyclic) bond motifs is 1. The molecular weight excluding hydrogens is 266 g/mol. The van der Waals surface area contributed by atoms with Crippen molar-refractivity contribution in [2.45, 2.75) is 33.1 Å². The molecule has 0 aliphatic rings. The number of nitrogens with zero attached hydrogens (tertiary/aromatic N) is 2. The largest absolute Gasteiger partial charge is 0.338 e. The summed E-state index contributed by atoms with van der Waals surface area (Å²) in [6.07, 6.45) is 0. The van der Waals surface area contributed by atoms with Crippen molar-refractivity contribution >= 4 is 10.9 Å². The standard InChI is InChI=1S/C16H17N3O2/c1-9-5-6-12-10(7-9)8-11(14(20)17-12)13-18-15(21-19-13)16(2,3)4/h5-8H,1-4H3,(H,17,20). The van der Waals surface area contributed by atoms with Crippen molar-refractivity contribution < 1.29 is 4.52 Å². The molecule has 0 amide bonds. The second-order valence-electron chi connectivity index (χ2n) is 6.28. The van der Waals surface area contributed by atoms with E-state index >= 15 is 0 Å². The van der Waals surface area contributed by atoms with E-state index in [1.807, 2.05) is 45.9 Å². The van der Waals surface area contributed by atoms with Gasteiger partial charge in [0.1, 0.15) is 0 Å². The van der Waals surface area contributed by atoms with Crippen molar-refractivity contribution in [1.82, 2.24) is 15.1 Å². The number of rotatable bonds is 1. The van der Waals surface area contributed by atoms with E-state index in [4.69, 9.17) is 4.52 Å². The molecule has 0 fully saturated rings. The minimum absolute atomic E-state index is 0.215. The highest BCUT2D eigenvalue weighted by Crippen LogP contribution is 2.23. The van der Waals surface area contributed by atoms with Crippen molar-refractivity contribution in [3.8, 4) is 11.4 Å². The van der Waals surface area contributed by atoms with Crippen LogP contribution < -0.4 is 5.56 Å². The normalized spacial score (nSPS) is 12.0. The maximum atomic E-state index is 12.2. The molecule has 0 atom stereocenters. The van der Waals surface area contributed by atoms with Crippen LogP contribution in [-0.2, 0) is 5.41 Å². The lowest BCUT2D eigenvalue weighted by Gasteiger charge is -2.10. The van der Waals surface area contributed by atoms with E-state index in [1.54, 1.807) is 6.07 Å². The van der Waals surface area contributed by atoms with Crippen LogP contribution in [0.2, 0.25) is 0 Å². The van der Waals surface area contributed by atoms with Crippen molar-refractivity contribution in [3.63, 3.8) is 0 Å². The fraction of sp³-hybridized carbons (Fsp3) is 0.312. The van der Waals surface area contributed by atoms with Crippen molar-refractivity contribution in [3.05, 3.63) is 46.1 Å². The molecular formula is C16H17N3O2. The molecule has 0 aliphatic carbocycles. The topological polar surface area (TPSA) is 71.8 Å². The van der Waals surface area contributed by atoms with Gasteiger partial charge in [-0.1, -0.05) is 37.6 Å². The van der Waals surface area contributed by atoms with Crippen LogP contribution in [0.25, 0.3) is 22.3 Å². The third-order valence-corrected chi connectivity index (χ3v) is 3.31. The van der Waals surface area contributed by atoms with Crippen LogP contribution in [0.1, 0.15) is 32.2 Å². The lowest BCUT2D eigenvalue weighted by atomic mass is 9.97. The molecule has 0 aliphatic heterocycles. The Kier molecular flexibility index (Phi) is 2.93. The minimum atomic E-state index is -0.245. The Hall–Kier alpha value is -2.43. The van der Waals surface area contributed by atoms with Crippen molar-refractivity contribution in [1.29, 1.82) is 0 Å². The van der Waals surface area contributed by atoms with Crippen molar-refractivity contribution in [2.75, 3.05) is 0 Å². The molecule has 0 radical (unpaired) electrons. The van der Waals surface area contributed by atoms with E-state index in [-0.39, 0.29) is 11.0 Å². The smallest absolute Gasteiger partial charge is 0.259 e. The summed E-state index contributed by atoms with van der Waals surface area (Å²) in [5.41, 5.74) is 1.89. The van der Waals surface area contributed by atoms with E-state index < -0.39 is 0 Å². The van der Waals surface area contributed by atoms with Crippen molar-refractivity contribution in [2.24, 2.45) is 0 Å². The van der Waals surface area contributed by atoms with E-state index in [9.17, 15) is 4.79 Å². The van der Waals surface area contributed by atoms with Gasteiger partial charge in [-0.3, -0.25) is 4.79 Å². The lowest BCUT2D eigenvalue weighted by Crippen LogP contribution is -2.12. The SMILES string of the molecule is Cc1ccc2[nH]c(=O)c(-c3noc(C(C)(C)C)n3)cc2c1. The Labute approximate surface area is 122 Å². The second-order valence-corrected chi connectivity index (χ2v) is 6.28. The first kappa shape index (κ1) is 13.5. The summed E-state index contributed by atoms with van der Waals surface area (Å²) in [4.78, 5) is 19.4. The van der Waals surface area contributed by atoms with Gasteiger partial charge in [-0.25, -0.2) is 0 Å². The van der Waals surface area contributed by atoms with Gasteiger partial charge in [0.25, 0.3) is 5.56 Å². The Morgan fingerprint density at radius 1 is 1.19 bits per heavy atom. The number of nitrogens with one attached hydrogen (secondary N) is 1. The zero-order valence-corrected chi connectivity index (χ0v) is 12.5. The van der Waals surface area contributed by atoms with E-state index in [2.05, 4.69) is 15.1 Å². The molecule has 0 unspecified atom stereocenters. The highest BCUT2D eigenvalue weighted by Gasteiger charge is 2.23. The van der Waals surface area contributed by atoms with Crippen LogP contribution in [0, 0.1) is 6.92 Å². The van der Waals surface area contributed by atoms with E-state index in [1.165, 1.54) is 0 Å². The molecule has 5 heteroatoms. The van der Waals surface area contributed by atoms with Gasteiger partial charge in [-0.2, -0.15) is 4.98 Å². The molecule has 0 spiro atoms. The highest BCUT2D eigenvalue weighted by molar-refractivity contribution is 5.82. The van der Waals surface area contributed by atoms with Crippen LogP contribution in [0.5, 0.6) is 0 Å². The van der Waals surface area contributed by atoms with Crippen LogP contribution in [-0.4, -0.2) is 15.1 Å². The number of H-pyrrole nitrogens is 1. The molecule has 21 heavy (non-hydrogen) atoms. The summed E-state index contributed by atoms with van der Waals surface area (Å²) in [7, 11) is 0. The zero-order valence-electron chi connectivity index (χ0n) is 12.5. The third-order valence-electron chi connectivity index (χ3n) is 3.31. The first-order chi connectivity index (χ1) is 9.84. The fourth-order valence-electron chi connectivity index (χ4n) is 2.13. The molecule has 0 bridgehead atoms. The number of hydrogen-bond acceptors (Lipinski definition) is 4. The first-order valence-corrected chi connectivity index (χ1v) is 6.83. The summed E-state index contributed by atoms with van der Waals surface area (Å²) >= 11 is 0. The van der Waals surface area contributed by atoms with Gasteiger partial charge in [-0.15, -0.1) is 0 Å². The van der Waals surface area contributed by atoms with E-state index in [0.717, 1.165) is 16.5 Å². The second kappa shape index (κ2) is 4.55. The Bertz CT molecular complexity index is 869. The molecule has 2 aromatic heterocycles. The summed E-state index contributed by atoms with van der Waals surface area (Å²) in [5, 5.41) is 4.89. The lowest BCUT2D eigenvalue weighted by molar-refractivity contribution is 0.321. The van der Waals surface area contributed by atoms with Gasteiger partial charge in [-0.05, 0) is 30.5 Å². The number of pyridine rings is 1. The third kappa shape index (κ3) is 2.46. The fourth-order valence-corrected chi connectivity index (χ4v) is 2.13. The van der Waals surface area contributed by atoms with Gasteiger partial charge in [0.15, 0.2) is 0 Å². The number of aromatic amines is 1. The first-order valence-electron chi connectivity index (χ1n) is 6.83. The molecule has 0 saturated carbocycles. The van der Waals surface area contributed by atoms with E-state index in [0.29, 0.717) is 17.3 Å². The summed E-state index contributed by atoms with van der Waals surface area (Å²) in [6.45, 7) is 7.96. The molecule has 3 rings (SSSR count). The molecule has 108 valence electrons. The number of aromatic nitrogens is 3. The van der Waals surface area contributed by atoms with Gasteiger partial charge < -0.3 is 9.51 Å². The molecule has 1 N–H and O–H groups in total. The predicted molar refractivity (Wildman–Crippen MR) is 81.3 cm³/mol.